The van der Waals surface area contributed by atoms with E-state index in [1.54, 1.807) is 6.08 Å². The summed E-state index contributed by atoms with van der Waals surface area (Å²) >= 11 is 5.92. The van der Waals surface area contributed by atoms with Crippen LogP contribution in [0.2, 0.25) is 5.02 Å². The van der Waals surface area contributed by atoms with Gasteiger partial charge < -0.3 is 14.6 Å². The van der Waals surface area contributed by atoms with Crippen molar-refractivity contribution in [1.29, 1.82) is 0 Å². The molecule has 1 heterocycles. The molecule has 0 aliphatic rings. The summed E-state index contributed by atoms with van der Waals surface area (Å²) in [5.41, 5.74) is 2.98. The Bertz CT molecular complexity index is 1250. The first-order valence-electron chi connectivity index (χ1n) is 11.5. The van der Waals surface area contributed by atoms with Crippen LogP contribution >= 0.6 is 11.6 Å². The summed E-state index contributed by atoms with van der Waals surface area (Å²) in [4.78, 5) is 17.3. The maximum Gasteiger partial charge on any atom is 0.244 e. The quantitative estimate of drug-likeness (QED) is 0.213. The molecule has 34 heavy (non-hydrogen) atoms. The molecule has 0 radical (unpaired) electrons. The lowest BCUT2D eigenvalue weighted by molar-refractivity contribution is -0.117. The van der Waals surface area contributed by atoms with Crippen molar-refractivity contribution in [3.8, 4) is 5.75 Å². The average molecular weight is 474 g/mol. The van der Waals surface area contributed by atoms with Gasteiger partial charge in [-0.25, -0.2) is 4.98 Å². The largest absolute Gasteiger partial charge is 0.494 e. The molecule has 0 aliphatic carbocycles. The van der Waals surface area contributed by atoms with Crippen LogP contribution < -0.4 is 10.1 Å². The molecular weight excluding hydrogens is 446 g/mol. The Morgan fingerprint density at radius 3 is 2.56 bits per heavy atom. The first kappa shape index (κ1) is 23.6. The summed E-state index contributed by atoms with van der Waals surface area (Å²) in [6.45, 7) is 3.38. The zero-order valence-electron chi connectivity index (χ0n) is 19.2. The third-order valence-electron chi connectivity index (χ3n) is 5.52. The Hall–Kier alpha value is -3.57. The lowest BCUT2D eigenvalue weighted by Gasteiger charge is -2.16. The lowest BCUT2D eigenvalue weighted by Crippen LogP contribution is -2.27. The van der Waals surface area contributed by atoms with Gasteiger partial charge in [0, 0.05) is 17.6 Å². The van der Waals surface area contributed by atoms with Crippen molar-refractivity contribution in [3.05, 3.63) is 101 Å². The monoisotopic (exact) mass is 473 g/mol. The van der Waals surface area contributed by atoms with Gasteiger partial charge in [-0.3, -0.25) is 4.79 Å². The maximum absolute atomic E-state index is 12.5. The fourth-order valence-corrected chi connectivity index (χ4v) is 3.94. The molecule has 4 rings (SSSR count). The van der Waals surface area contributed by atoms with Crippen LogP contribution in [0.5, 0.6) is 5.75 Å². The third kappa shape index (κ3) is 6.27. The van der Waals surface area contributed by atoms with Crippen LogP contribution in [0.15, 0.2) is 84.9 Å². The fourth-order valence-electron chi connectivity index (χ4n) is 3.81. The van der Waals surface area contributed by atoms with Crippen LogP contribution in [-0.4, -0.2) is 22.1 Å². The van der Waals surface area contributed by atoms with E-state index in [2.05, 4.69) is 16.0 Å². The molecular formula is C28H28ClN3O2. The molecule has 0 saturated heterocycles. The van der Waals surface area contributed by atoms with Gasteiger partial charge in [0.1, 0.15) is 11.6 Å². The van der Waals surface area contributed by atoms with Crippen LogP contribution in [0.25, 0.3) is 17.1 Å². The van der Waals surface area contributed by atoms with Gasteiger partial charge in [-0.15, -0.1) is 0 Å². The molecule has 5 nitrogen and oxygen atoms in total. The van der Waals surface area contributed by atoms with Gasteiger partial charge in [-0.05, 0) is 67.8 Å². The summed E-state index contributed by atoms with van der Waals surface area (Å²) in [5, 5.41) is 3.75. The van der Waals surface area contributed by atoms with E-state index in [9.17, 15) is 4.79 Å². The normalized spacial score (nSPS) is 12.2. The Morgan fingerprint density at radius 2 is 1.76 bits per heavy atom. The summed E-state index contributed by atoms with van der Waals surface area (Å²) in [6.07, 6.45) is 5.20. The van der Waals surface area contributed by atoms with Crippen molar-refractivity contribution in [3.63, 3.8) is 0 Å². The van der Waals surface area contributed by atoms with Gasteiger partial charge >= 0.3 is 0 Å². The first-order chi connectivity index (χ1) is 16.6. The molecule has 3 aromatic carbocycles. The Balaban J connectivity index is 1.38. The zero-order valence-corrected chi connectivity index (χ0v) is 19.9. The number of aryl methyl sites for hydroxylation is 1. The number of ether oxygens (including phenoxy) is 1. The molecule has 1 amide bonds. The maximum atomic E-state index is 12.5. The molecule has 1 N–H and O–H groups in total. The number of fused-ring (bicyclic) bond motifs is 1. The average Bonchev–Trinajstić information content (AvgIpc) is 3.23. The minimum atomic E-state index is -0.231. The van der Waals surface area contributed by atoms with E-state index in [0.717, 1.165) is 47.6 Å². The smallest absolute Gasteiger partial charge is 0.244 e. The Labute approximate surface area is 205 Å². The zero-order chi connectivity index (χ0) is 23.8. The number of para-hydroxylation sites is 2. The van der Waals surface area contributed by atoms with Crippen molar-refractivity contribution in [2.75, 3.05) is 6.61 Å². The second-order valence-electron chi connectivity index (χ2n) is 8.09. The number of hydrogen-bond acceptors (Lipinski definition) is 3. The van der Waals surface area contributed by atoms with Crippen molar-refractivity contribution < 1.29 is 9.53 Å². The Kier molecular flexibility index (Phi) is 7.99. The number of rotatable bonds is 10. The molecule has 0 saturated carbocycles. The number of halogens is 1. The van der Waals surface area contributed by atoms with Crippen LogP contribution in [0.3, 0.4) is 0 Å². The number of nitrogens with zero attached hydrogens (tertiary/aromatic N) is 2. The predicted molar refractivity (Wildman–Crippen MR) is 138 cm³/mol. The lowest BCUT2D eigenvalue weighted by atomic mass is 10.2. The number of unbranched alkanes of at least 4 members (excludes halogenated alkanes) is 1. The molecule has 0 aliphatic heterocycles. The molecule has 6 heteroatoms. The van der Waals surface area contributed by atoms with Gasteiger partial charge in [-0.2, -0.15) is 0 Å². The van der Waals surface area contributed by atoms with Gasteiger partial charge in [0.2, 0.25) is 5.91 Å². The van der Waals surface area contributed by atoms with Crippen LogP contribution in [0.4, 0.5) is 0 Å². The van der Waals surface area contributed by atoms with Gasteiger partial charge in [0.05, 0.1) is 23.7 Å². The van der Waals surface area contributed by atoms with E-state index >= 15 is 0 Å². The van der Waals surface area contributed by atoms with Crippen LogP contribution in [0, 0.1) is 0 Å². The van der Waals surface area contributed by atoms with E-state index < -0.39 is 0 Å². The summed E-state index contributed by atoms with van der Waals surface area (Å²) < 4.78 is 8.01. The van der Waals surface area contributed by atoms with Gasteiger partial charge in [-0.1, -0.05) is 54.1 Å². The van der Waals surface area contributed by atoms with Crippen LogP contribution in [0.1, 0.15) is 37.2 Å². The van der Waals surface area contributed by atoms with Gasteiger partial charge in [0.25, 0.3) is 0 Å². The molecule has 0 spiro atoms. The first-order valence-corrected chi connectivity index (χ1v) is 11.8. The fraction of sp³-hybridized carbons (Fsp3) is 0.214. The van der Waals surface area contributed by atoms with Gasteiger partial charge in [0.15, 0.2) is 0 Å². The number of benzene rings is 3. The van der Waals surface area contributed by atoms with E-state index in [4.69, 9.17) is 21.3 Å². The number of imidazole rings is 1. The highest BCUT2D eigenvalue weighted by Crippen LogP contribution is 2.22. The van der Waals surface area contributed by atoms with Crippen molar-refractivity contribution >= 4 is 34.6 Å². The molecule has 1 aromatic heterocycles. The molecule has 1 unspecified atom stereocenters. The third-order valence-corrected chi connectivity index (χ3v) is 5.77. The second-order valence-corrected chi connectivity index (χ2v) is 8.53. The Morgan fingerprint density at radius 1 is 1.03 bits per heavy atom. The number of amides is 1. The van der Waals surface area contributed by atoms with E-state index in [0.29, 0.717) is 11.6 Å². The summed E-state index contributed by atoms with van der Waals surface area (Å²) in [7, 11) is 0. The summed E-state index contributed by atoms with van der Waals surface area (Å²) in [5.74, 6) is 1.52. The number of carbonyl (C=O) groups is 1. The van der Waals surface area contributed by atoms with E-state index in [1.165, 1.54) is 0 Å². The van der Waals surface area contributed by atoms with E-state index in [-0.39, 0.29) is 11.9 Å². The molecule has 0 bridgehead atoms. The topological polar surface area (TPSA) is 56.2 Å². The SMILES string of the molecule is CC(NC(=O)/C=C\c1ccccc1)c1nc2ccccc2n1CCCCOc1ccc(Cl)cc1. The summed E-state index contributed by atoms with van der Waals surface area (Å²) in [6, 6.07) is 25.0. The standard InChI is InChI=1S/C28H28ClN3O2/c1-21(30-27(33)18-13-22-9-3-2-4-10-22)28-31-25-11-5-6-12-26(25)32(28)19-7-8-20-34-24-16-14-23(29)15-17-24/h2-6,9-18,21H,7-8,19-20H2,1H3,(H,30,33)/b18-13-. The number of nitrogens with one attached hydrogen (secondary N) is 1. The highest BCUT2D eigenvalue weighted by atomic mass is 35.5. The number of aromatic nitrogens is 2. The number of carbonyl (C=O) groups excluding carboxylic acids is 1. The molecule has 1 atom stereocenters. The highest BCUT2D eigenvalue weighted by molar-refractivity contribution is 6.30. The molecule has 174 valence electrons. The predicted octanol–water partition coefficient (Wildman–Crippen LogP) is 6.44. The van der Waals surface area contributed by atoms with Crippen molar-refractivity contribution in [1.82, 2.24) is 14.9 Å². The molecule has 0 fully saturated rings. The van der Waals surface area contributed by atoms with Crippen molar-refractivity contribution in [2.45, 2.75) is 32.4 Å². The minimum Gasteiger partial charge on any atom is -0.494 e. The van der Waals surface area contributed by atoms with E-state index in [1.807, 2.05) is 85.8 Å². The number of hydrogen-bond donors (Lipinski definition) is 1. The molecule has 4 aromatic rings. The minimum absolute atomic E-state index is 0.147. The van der Waals surface area contributed by atoms with Crippen molar-refractivity contribution in [2.24, 2.45) is 0 Å². The van der Waals surface area contributed by atoms with Crippen LogP contribution in [-0.2, 0) is 11.3 Å². The highest BCUT2D eigenvalue weighted by Gasteiger charge is 2.17. The second kappa shape index (κ2) is 11.5.